The molecule has 0 aromatic carbocycles. The highest BCUT2D eigenvalue weighted by atomic mass is 79.9. The van der Waals surface area contributed by atoms with Crippen molar-refractivity contribution in [1.82, 2.24) is 4.90 Å². The summed E-state index contributed by atoms with van der Waals surface area (Å²) in [6.45, 7) is 5.35. The van der Waals surface area contributed by atoms with Crippen molar-refractivity contribution >= 4 is 21.9 Å². The quantitative estimate of drug-likeness (QED) is 0.875. The Morgan fingerprint density at radius 3 is 2.75 bits per heavy atom. The number of nitrogens with zero attached hydrogens (tertiary/aromatic N) is 1. The van der Waals surface area contributed by atoms with E-state index in [9.17, 15) is 4.79 Å². The molecule has 1 atom stereocenters. The second-order valence-electron chi connectivity index (χ2n) is 3.59. The Bertz CT molecular complexity index is 351. The second kappa shape index (κ2) is 6.06. The van der Waals surface area contributed by atoms with Crippen LogP contribution in [0, 0.1) is 0 Å². The van der Waals surface area contributed by atoms with Gasteiger partial charge in [0.2, 0.25) is 0 Å². The molecule has 0 aliphatic rings. The molecule has 0 fully saturated rings. The molecule has 1 aromatic rings. The SMILES string of the molecule is CCN(CCC(=O)O)C(C)c1ccc(Br)o1. The third-order valence-electron chi connectivity index (χ3n) is 2.57. The average molecular weight is 290 g/mol. The van der Waals surface area contributed by atoms with Crippen LogP contribution in [-0.4, -0.2) is 29.1 Å². The number of aliphatic carboxylic acids is 1. The Morgan fingerprint density at radius 2 is 2.31 bits per heavy atom. The lowest BCUT2D eigenvalue weighted by Crippen LogP contribution is -2.29. The van der Waals surface area contributed by atoms with Crippen LogP contribution in [0.4, 0.5) is 0 Å². The van der Waals surface area contributed by atoms with Crippen LogP contribution in [0.15, 0.2) is 21.2 Å². The van der Waals surface area contributed by atoms with Crippen molar-refractivity contribution in [2.24, 2.45) is 0 Å². The molecule has 90 valence electrons. The molecule has 1 rings (SSSR count). The predicted octanol–water partition coefficient (Wildman–Crippen LogP) is 2.90. The van der Waals surface area contributed by atoms with Gasteiger partial charge in [0, 0.05) is 6.54 Å². The van der Waals surface area contributed by atoms with Crippen molar-refractivity contribution in [1.29, 1.82) is 0 Å². The van der Waals surface area contributed by atoms with Gasteiger partial charge in [-0.1, -0.05) is 6.92 Å². The molecule has 0 amide bonds. The first kappa shape index (κ1) is 13.3. The van der Waals surface area contributed by atoms with Gasteiger partial charge in [-0.05, 0) is 41.5 Å². The molecule has 0 spiro atoms. The number of carbonyl (C=O) groups is 1. The van der Waals surface area contributed by atoms with E-state index in [1.54, 1.807) is 0 Å². The van der Waals surface area contributed by atoms with E-state index in [1.165, 1.54) is 0 Å². The first-order valence-electron chi connectivity index (χ1n) is 5.25. The zero-order valence-electron chi connectivity index (χ0n) is 9.44. The second-order valence-corrected chi connectivity index (χ2v) is 4.37. The normalized spacial score (nSPS) is 13.0. The summed E-state index contributed by atoms with van der Waals surface area (Å²) in [7, 11) is 0. The van der Waals surface area contributed by atoms with Crippen LogP contribution >= 0.6 is 15.9 Å². The zero-order valence-corrected chi connectivity index (χ0v) is 11.0. The summed E-state index contributed by atoms with van der Waals surface area (Å²) in [5, 5.41) is 8.66. The smallest absolute Gasteiger partial charge is 0.304 e. The van der Waals surface area contributed by atoms with Crippen molar-refractivity contribution in [2.45, 2.75) is 26.3 Å². The molecule has 1 aromatic heterocycles. The Labute approximate surface area is 103 Å². The third kappa shape index (κ3) is 3.64. The van der Waals surface area contributed by atoms with Gasteiger partial charge in [0.15, 0.2) is 4.67 Å². The maximum absolute atomic E-state index is 10.5. The monoisotopic (exact) mass is 289 g/mol. The van der Waals surface area contributed by atoms with Crippen LogP contribution in [0.25, 0.3) is 0 Å². The number of hydrogen-bond acceptors (Lipinski definition) is 3. The third-order valence-corrected chi connectivity index (χ3v) is 3.00. The summed E-state index contributed by atoms with van der Waals surface area (Å²) < 4.78 is 6.16. The van der Waals surface area contributed by atoms with E-state index in [-0.39, 0.29) is 12.5 Å². The first-order valence-corrected chi connectivity index (χ1v) is 6.05. The summed E-state index contributed by atoms with van der Waals surface area (Å²) in [5.74, 6) is 0.0744. The molecule has 1 heterocycles. The van der Waals surface area contributed by atoms with E-state index < -0.39 is 5.97 Å². The maximum Gasteiger partial charge on any atom is 0.304 e. The van der Waals surface area contributed by atoms with E-state index in [2.05, 4.69) is 20.8 Å². The van der Waals surface area contributed by atoms with Gasteiger partial charge in [-0.3, -0.25) is 9.69 Å². The Kier molecular flexibility index (Phi) is 5.02. The summed E-state index contributed by atoms with van der Waals surface area (Å²) in [6.07, 6.45) is 0.153. The van der Waals surface area contributed by atoms with Crippen LogP contribution in [0.1, 0.15) is 32.1 Å². The van der Waals surface area contributed by atoms with E-state index in [4.69, 9.17) is 9.52 Å². The minimum Gasteiger partial charge on any atom is -0.481 e. The Morgan fingerprint density at radius 1 is 1.62 bits per heavy atom. The van der Waals surface area contributed by atoms with E-state index in [1.807, 2.05) is 26.0 Å². The highest BCUT2D eigenvalue weighted by Crippen LogP contribution is 2.24. The first-order chi connectivity index (χ1) is 7.54. The largest absolute Gasteiger partial charge is 0.481 e. The molecule has 16 heavy (non-hydrogen) atoms. The van der Waals surface area contributed by atoms with Crippen molar-refractivity contribution < 1.29 is 14.3 Å². The summed E-state index contributed by atoms with van der Waals surface area (Å²) in [6, 6.07) is 3.84. The van der Waals surface area contributed by atoms with Crippen LogP contribution in [0.3, 0.4) is 0 Å². The molecular formula is C11H16BrNO3. The molecular weight excluding hydrogens is 274 g/mol. The highest BCUT2D eigenvalue weighted by molar-refractivity contribution is 9.10. The molecule has 0 bridgehead atoms. The predicted molar refractivity (Wildman–Crippen MR) is 64.3 cm³/mol. The number of rotatable bonds is 6. The molecule has 0 aliphatic carbocycles. The van der Waals surface area contributed by atoms with E-state index in [0.29, 0.717) is 11.2 Å². The maximum atomic E-state index is 10.5. The number of hydrogen-bond donors (Lipinski definition) is 1. The molecule has 1 unspecified atom stereocenters. The van der Waals surface area contributed by atoms with Crippen LogP contribution in [0.5, 0.6) is 0 Å². The summed E-state index contributed by atoms with van der Waals surface area (Å²) in [4.78, 5) is 12.6. The lowest BCUT2D eigenvalue weighted by Gasteiger charge is -2.25. The van der Waals surface area contributed by atoms with Gasteiger partial charge in [-0.2, -0.15) is 0 Å². The molecule has 0 aliphatic heterocycles. The van der Waals surface area contributed by atoms with Crippen molar-refractivity contribution in [3.63, 3.8) is 0 Å². The summed E-state index contributed by atoms with van der Waals surface area (Å²) >= 11 is 3.25. The van der Waals surface area contributed by atoms with Gasteiger partial charge in [-0.15, -0.1) is 0 Å². The van der Waals surface area contributed by atoms with Gasteiger partial charge < -0.3 is 9.52 Å². The number of halogens is 1. The van der Waals surface area contributed by atoms with Gasteiger partial charge in [-0.25, -0.2) is 0 Å². The molecule has 0 saturated heterocycles. The van der Waals surface area contributed by atoms with Crippen molar-refractivity contribution in [3.05, 3.63) is 22.6 Å². The topological polar surface area (TPSA) is 53.7 Å². The molecule has 0 radical (unpaired) electrons. The minimum absolute atomic E-state index is 0.0932. The minimum atomic E-state index is -0.772. The number of furan rings is 1. The van der Waals surface area contributed by atoms with Gasteiger partial charge in [0.25, 0.3) is 0 Å². The number of carboxylic acids is 1. The Hall–Kier alpha value is -0.810. The molecule has 5 heteroatoms. The Balaban J connectivity index is 2.61. The highest BCUT2D eigenvalue weighted by Gasteiger charge is 2.17. The van der Waals surface area contributed by atoms with Crippen LogP contribution in [0.2, 0.25) is 0 Å². The van der Waals surface area contributed by atoms with Crippen LogP contribution < -0.4 is 0 Å². The molecule has 4 nitrogen and oxygen atoms in total. The fourth-order valence-electron chi connectivity index (χ4n) is 1.60. The van der Waals surface area contributed by atoms with E-state index in [0.717, 1.165) is 12.3 Å². The van der Waals surface area contributed by atoms with Gasteiger partial charge in [0.05, 0.1) is 12.5 Å². The van der Waals surface area contributed by atoms with Crippen molar-refractivity contribution in [2.75, 3.05) is 13.1 Å². The lowest BCUT2D eigenvalue weighted by molar-refractivity contribution is -0.137. The number of carboxylic acid groups (broad SMARTS) is 1. The van der Waals surface area contributed by atoms with E-state index >= 15 is 0 Å². The average Bonchev–Trinajstić information content (AvgIpc) is 2.65. The van der Waals surface area contributed by atoms with Crippen LogP contribution in [-0.2, 0) is 4.79 Å². The summed E-state index contributed by atoms with van der Waals surface area (Å²) in [5.41, 5.74) is 0. The fourth-order valence-corrected chi connectivity index (χ4v) is 1.92. The lowest BCUT2D eigenvalue weighted by atomic mass is 10.2. The fraction of sp³-hybridized carbons (Fsp3) is 0.545. The molecule has 1 N–H and O–H groups in total. The van der Waals surface area contributed by atoms with Gasteiger partial charge >= 0.3 is 5.97 Å². The van der Waals surface area contributed by atoms with Crippen molar-refractivity contribution in [3.8, 4) is 0 Å². The molecule has 0 saturated carbocycles. The zero-order chi connectivity index (χ0) is 12.1. The standard InChI is InChI=1S/C11H16BrNO3/c1-3-13(7-6-11(14)15)8(2)9-4-5-10(12)16-9/h4-5,8H,3,6-7H2,1-2H3,(H,14,15). The van der Waals surface area contributed by atoms with Gasteiger partial charge in [0.1, 0.15) is 5.76 Å².